The number of benzene rings is 1. The molecule has 0 heterocycles. The smallest absolute Gasteiger partial charge is 0.407 e. The summed E-state index contributed by atoms with van der Waals surface area (Å²) in [5.41, 5.74) is 1.79. The highest BCUT2D eigenvalue weighted by atomic mass is 35.5. The lowest BCUT2D eigenvalue weighted by atomic mass is 10.1. The molecule has 126 valence electrons. The summed E-state index contributed by atoms with van der Waals surface area (Å²) in [6.45, 7) is 7.76. The van der Waals surface area contributed by atoms with Crippen molar-refractivity contribution in [3.63, 3.8) is 0 Å². The Hall–Kier alpha value is -2.21. The molecule has 0 saturated heterocycles. The standard InChI is InChI=1S/C16H21ClN2O4/c1-4-7-22-16(21)19-6-5-18-14(20)10-23-13-8-11(2)15(17)12(3)9-13/h4,8-9H,1,5-7,10H2,2-3H3,(H,18,20)(H,19,21). The van der Waals surface area contributed by atoms with Gasteiger partial charge in [-0.25, -0.2) is 4.79 Å². The third-order valence-electron chi connectivity index (χ3n) is 2.83. The largest absolute Gasteiger partial charge is 0.484 e. The van der Waals surface area contributed by atoms with E-state index in [1.807, 2.05) is 13.8 Å². The number of halogens is 1. The van der Waals surface area contributed by atoms with Crippen LogP contribution in [0.3, 0.4) is 0 Å². The summed E-state index contributed by atoms with van der Waals surface area (Å²) in [6, 6.07) is 3.56. The van der Waals surface area contributed by atoms with Crippen LogP contribution in [0.1, 0.15) is 11.1 Å². The second-order valence-electron chi connectivity index (χ2n) is 4.82. The van der Waals surface area contributed by atoms with Gasteiger partial charge in [-0.1, -0.05) is 24.3 Å². The molecule has 1 aromatic rings. The summed E-state index contributed by atoms with van der Waals surface area (Å²) in [6.07, 6.45) is 0.918. The van der Waals surface area contributed by atoms with Crippen LogP contribution in [0.15, 0.2) is 24.8 Å². The van der Waals surface area contributed by atoms with E-state index >= 15 is 0 Å². The van der Waals surface area contributed by atoms with Gasteiger partial charge in [0.2, 0.25) is 0 Å². The molecule has 0 fully saturated rings. The van der Waals surface area contributed by atoms with Crippen LogP contribution in [0.4, 0.5) is 4.79 Å². The van der Waals surface area contributed by atoms with Gasteiger partial charge in [-0.3, -0.25) is 4.79 Å². The summed E-state index contributed by atoms with van der Waals surface area (Å²) in [5, 5.41) is 5.80. The molecule has 2 amide bonds. The zero-order valence-electron chi connectivity index (χ0n) is 13.3. The van der Waals surface area contributed by atoms with Gasteiger partial charge in [0.15, 0.2) is 6.61 Å². The minimum Gasteiger partial charge on any atom is -0.484 e. The fourth-order valence-electron chi connectivity index (χ4n) is 1.74. The first-order valence-electron chi connectivity index (χ1n) is 7.11. The maximum absolute atomic E-state index is 11.7. The van der Waals surface area contributed by atoms with Crippen molar-refractivity contribution in [3.05, 3.63) is 40.9 Å². The second kappa shape index (κ2) is 9.74. The zero-order valence-corrected chi connectivity index (χ0v) is 14.0. The van der Waals surface area contributed by atoms with Crippen LogP contribution in [-0.4, -0.2) is 38.3 Å². The van der Waals surface area contributed by atoms with Gasteiger partial charge < -0.3 is 20.1 Å². The average molecular weight is 341 g/mol. The summed E-state index contributed by atoms with van der Waals surface area (Å²) in [4.78, 5) is 22.8. The first kappa shape index (κ1) is 18.8. The van der Waals surface area contributed by atoms with E-state index in [0.29, 0.717) is 10.8 Å². The van der Waals surface area contributed by atoms with Crippen LogP contribution in [0, 0.1) is 13.8 Å². The van der Waals surface area contributed by atoms with Crippen molar-refractivity contribution < 1.29 is 19.1 Å². The normalized spacial score (nSPS) is 9.87. The highest BCUT2D eigenvalue weighted by Crippen LogP contribution is 2.25. The predicted octanol–water partition coefficient (Wildman–Crippen LogP) is 2.36. The third kappa shape index (κ3) is 7.06. The van der Waals surface area contributed by atoms with Gasteiger partial charge >= 0.3 is 6.09 Å². The maximum Gasteiger partial charge on any atom is 0.407 e. The van der Waals surface area contributed by atoms with Crippen molar-refractivity contribution >= 4 is 23.6 Å². The van der Waals surface area contributed by atoms with Crippen molar-refractivity contribution in [2.45, 2.75) is 13.8 Å². The second-order valence-corrected chi connectivity index (χ2v) is 5.20. The molecule has 1 aromatic carbocycles. The van der Waals surface area contributed by atoms with Crippen LogP contribution < -0.4 is 15.4 Å². The quantitative estimate of drug-likeness (QED) is 0.562. The number of alkyl carbamates (subject to hydrolysis) is 1. The van der Waals surface area contributed by atoms with Crippen molar-refractivity contribution in [1.82, 2.24) is 10.6 Å². The van der Waals surface area contributed by atoms with Crippen LogP contribution >= 0.6 is 11.6 Å². The van der Waals surface area contributed by atoms with Crippen LogP contribution in [-0.2, 0) is 9.53 Å². The van der Waals surface area contributed by atoms with E-state index in [-0.39, 0.29) is 32.2 Å². The average Bonchev–Trinajstić information content (AvgIpc) is 2.52. The Balaban J connectivity index is 2.25. The Morgan fingerprint density at radius 1 is 1.22 bits per heavy atom. The molecule has 7 heteroatoms. The Kier molecular flexibility index (Phi) is 7.97. The van der Waals surface area contributed by atoms with E-state index in [2.05, 4.69) is 17.2 Å². The number of nitrogens with one attached hydrogen (secondary N) is 2. The SMILES string of the molecule is C=CCOC(=O)NCCNC(=O)COc1cc(C)c(Cl)c(C)c1. The molecule has 1 rings (SSSR count). The molecule has 0 bridgehead atoms. The molecule has 6 nitrogen and oxygen atoms in total. The molecule has 0 saturated carbocycles. The number of carbonyl (C=O) groups excluding carboxylic acids is 2. The van der Waals surface area contributed by atoms with E-state index < -0.39 is 6.09 Å². The Morgan fingerprint density at radius 2 is 1.83 bits per heavy atom. The van der Waals surface area contributed by atoms with Gasteiger partial charge in [0.1, 0.15) is 12.4 Å². The number of rotatable bonds is 8. The predicted molar refractivity (Wildman–Crippen MR) is 89.0 cm³/mol. The minimum atomic E-state index is -0.553. The van der Waals surface area contributed by atoms with Gasteiger partial charge in [-0.15, -0.1) is 0 Å². The fourth-order valence-corrected chi connectivity index (χ4v) is 1.85. The van der Waals surface area contributed by atoms with Gasteiger partial charge in [0, 0.05) is 18.1 Å². The van der Waals surface area contributed by atoms with Crippen LogP contribution in [0.2, 0.25) is 5.02 Å². The summed E-state index contributed by atoms with van der Waals surface area (Å²) < 4.78 is 10.1. The molecule has 0 unspecified atom stereocenters. The molecule has 0 spiro atoms. The number of hydrogen-bond acceptors (Lipinski definition) is 4. The number of amides is 2. The van der Waals surface area contributed by atoms with E-state index in [9.17, 15) is 9.59 Å². The molecule has 0 atom stereocenters. The first-order chi connectivity index (χ1) is 10.9. The molecule has 2 N–H and O–H groups in total. The molecular weight excluding hydrogens is 320 g/mol. The Labute approximate surface area is 140 Å². The van der Waals surface area contributed by atoms with E-state index in [0.717, 1.165) is 11.1 Å². The van der Waals surface area contributed by atoms with Crippen LogP contribution in [0.5, 0.6) is 5.75 Å². The number of carbonyl (C=O) groups is 2. The van der Waals surface area contributed by atoms with Crippen molar-refractivity contribution in [1.29, 1.82) is 0 Å². The number of ether oxygens (including phenoxy) is 2. The van der Waals surface area contributed by atoms with Crippen LogP contribution in [0.25, 0.3) is 0 Å². The maximum atomic E-state index is 11.7. The summed E-state index contributed by atoms with van der Waals surface area (Å²) in [5.74, 6) is 0.308. The lowest BCUT2D eigenvalue weighted by molar-refractivity contribution is -0.123. The molecule has 0 aliphatic carbocycles. The van der Waals surface area contributed by atoms with Crippen molar-refractivity contribution in [2.75, 3.05) is 26.3 Å². The van der Waals surface area contributed by atoms with Crippen molar-refractivity contribution in [3.8, 4) is 5.75 Å². The highest BCUT2D eigenvalue weighted by Gasteiger charge is 2.06. The minimum absolute atomic E-state index is 0.110. The lowest BCUT2D eigenvalue weighted by Gasteiger charge is -2.10. The Morgan fingerprint density at radius 3 is 2.43 bits per heavy atom. The molecule has 23 heavy (non-hydrogen) atoms. The highest BCUT2D eigenvalue weighted by molar-refractivity contribution is 6.32. The van der Waals surface area contributed by atoms with Crippen molar-refractivity contribution in [2.24, 2.45) is 0 Å². The van der Waals surface area contributed by atoms with Gasteiger partial charge in [-0.2, -0.15) is 0 Å². The Bertz CT molecular complexity index is 552. The van der Waals surface area contributed by atoms with Gasteiger partial charge in [-0.05, 0) is 37.1 Å². The molecule has 0 radical (unpaired) electrons. The van der Waals surface area contributed by atoms with E-state index in [4.69, 9.17) is 21.1 Å². The first-order valence-corrected chi connectivity index (χ1v) is 7.49. The van der Waals surface area contributed by atoms with Gasteiger partial charge in [0.05, 0.1) is 0 Å². The molecule has 0 aliphatic heterocycles. The van der Waals surface area contributed by atoms with E-state index in [1.165, 1.54) is 6.08 Å². The zero-order chi connectivity index (χ0) is 17.2. The topological polar surface area (TPSA) is 76.7 Å². The molecule has 0 aliphatic rings. The number of aryl methyl sites for hydroxylation is 2. The lowest BCUT2D eigenvalue weighted by Crippen LogP contribution is -2.37. The fraction of sp³-hybridized carbons (Fsp3) is 0.375. The molecular formula is C16H21ClN2O4. The summed E-state index contributed by atoms with van der Waals surface area (Å²) in [7, 11) is 0. The number of hydrogen-bond donors (Lipinski definition) is 2. The monoisotopic (exact) mass is 340 g/mol. The molecule has 0 aromatic heterocycles. The third-order valence-corrected chi connectivity index (χ3v) is 3.42. The summed E-state index contributed by atoms with van der Waals surface area (Å²) >= 11 is 6.07. The van der Waals surface area contributed by atoms with E-state index in [1.54, 1.807) is 12.1 Å². The van der Waals surface area contributed by atoms with Gasteiger partial charge in [0.25, 0.3) is 5.91 Å².